The van der Waals surface area contributed by atoms with E-state index in [0.29, 0.717) is 22.4 Å². The summed E-state index contributed by atoms with van der Waals surface area (Å²) in [5.41, 5.74) is 2.11. The van der Waals surface area contributed by atoms with E-state index in [2.05, 4.69) is 5.16 Å². The van der Waals surface area contributed by atoms with Gasteiger partial charge < -0.3 is 4.84 Å². The SMILES string of the molecule is C/C(=N\OCc1ccc(F)c(F)c1)c1ccc(C)c(F)c1. The molecule has 0 radical (unpaired) electrons. The Hall–Kier alpha value is -2.30. The van der Waals surface area contributed by atoms with E-state index in [9.17, 15) is 13.2 Å². The van der Waals surface area contributed by atoms with Gasteiger partial charge in [-0.1, -0.05) is 23.4 Å². The summed E-state index contributed by atoms with van der Waals surface area (Å²) in [7, 11) is 0. The van der Waals surface area contributed by atoms with Crippen LogP contribution < -0.4 is 0 Å². The lowest BCUT2D eigenvalue weighted by atomic mass is 10.1. The normalized spacial score (nSPS) is 11.6. The summed E-state index contributed by atoms with van der Waals surface area (Å²) in [5, 5.41) is 3.85. The molecule has 0 saturated heterocycles. The molecule has 0 aromatic heterocycles. The van der Waals surface area contributed by atoms with E-state index in [1.54, 1.807) is 26.0 Å². The van der Waals surface area contributed by atoms with Crippen molar-refractivity contribution >= 4 is 5.71 Å². The fraction of sp³-hybridized carbons (Fsp3) is 0.188. The average Bonchev–Trinajstić information content (AvgIpc) is 2.45. The zero-order valence-corrected chi connectivity index (χ0v) is 11.7. The molecule has 5 heteroatoms. The van der Waals surface area contributed by atoms with E-state index in [0.717, 1.165) is 12.1 Å². The van der Waals surface area contributed by atoms with Gasteiger partial charge in [0, 0.05) is 5.56 Å². The molecular formula is C16H14F3NO. The van der Waals surface area contributed by atoms with Gasteiger partial charge in [0.2, 0.25) is 0 Å². The third-order valence-corrected chi connectivity index (χ3v) is 3.01. The van der Waals surface area contributed by atoms with Crippen LogP contribution in [0, 0.1) is 24.4 Å². The number of hydrogen-bond acceptors (Lipinski definition) is 2. The summed E-state index contributed by atoms with van der Waals surface area (Å²) in [6.45, 7) is 3.35. The fourth-order valence-corrected chi connectivity index (χ4v) is 1.70. The minimum Gasteiger partial charge on any atom is -0.391 e. The highest BCUT2D eigenvalue weighted by molar-refractivity contribution is 5.98. The highest BCUT2D eigenvalue weighted by atomic mass is 19.2. The Bertz CT molecular complexity index is 683. The summed E-state index contributed by atoms with van der Waals surface area (Å²) in [5.74, 6) is -2.16. The van der Waals surface area contributed by atoms with E-state index in [4.69, 9.17) is 4.84 Å². The topological polar surface area (TPSA) is 21.6 Å². The van der Waals surface area contributed by atoms with Crippen molar-refractivity contribution in [3.05, 3.63) is 70.5 Å². The van der Waals surface area contributed by atoms with Gasteiger partial charge in [0.15, 0.2) is 11.6 Å². The second-order valence-corrected chi connectivity index (χ2v) is 4.66. The number of rotatable bonds is 4. The summed E-state index contributed by atoms with van der Waals surface area (Å²) >= 11 is 0. The van der Waals surface area contributed by atoms with Gasteiger partial charge in [0.05, 0.1) is 5.71 Å². The summed E-state index contributed by atoms with van der Waals surface area (Å²) in [4.78, 5) is 5.08. The smallest absolute Gasteiger partial charge is 0.159 e. The summed E-state index contributed by atoms with van der Waals surface area (Å²) < 4.78 is 39.2. The molecular weight excluding hydrogens is 279 g/mol. The van der Waals surface area contributed by atoms with E-state index < -0.39 is 11.6 Å². The van der Waals surface area contributed by atoms with Crippen molar-refractivity contribution in [1.29, 1.82) is 0 Å². The highest BCUT2D eigenvalue weighted by Crippen LogP contribution is 2.12. The Morgan fingerprint density at radius 2 is 1.76 bits per heavy atom. The third-order valence-electron chi connectivity index (χ3n) is 3.01. The maximum absolute atomic E-state index is 13.4. The van der Waals surface area contributed by atoms with E-state index >= 15 is 0 Å². The van der Waals surface area contributed by atoms with Gasteiger partial charge >= 0.3 is 0 Å². The van der Waals surface area contributed by atoms with Crippen LogP contribution in [0.15, 0.2) is 41.6 Å². The maximum atomic E-state index is 13.4. The van der Waals surface area contributed by atoms with Crippen LogP contribution in [0.1, 0.15) is 23.6 Å². The Balaban J connectivity index is 2.03. The predicted octanol–water partition coefficient (Wildman–Crippen LogP) is 4.35. The summed E-state index contributed by atoms with van der Waals surface area (Å²) in [6, 6.07) is 8.24. The van der Waals surface area contributed by atoms with E-state index in [-0.39, 0.29) is 12.4 Å². The van der Waals surface area contributed by atoms with Crippen LogP contribution in [0.5, 0.6) is 0 Å². The van der Waals surface area contributed by atoms with Gasteiger partial charge in [-0.2, -0.15) is 0 Å². The number of benzene rings is 2. The Kier molecular flexibility index (Phi) is 4.62. The first-order valence-electron chi connectivity index (χ1n) is 6.34. The molecule has 0 aliphatic carbocycles. The lowest BCUT2D eigenvalue weighted by molar-refractivity contribution is 0.130. The minimum atomic E-state index is -0.933. The second-order valence-electron chi connectivity index (χ2n) is 4.66. The molecule has 2 rings (SSSR count). The first-order chi connectivity index (χ1) is 9.97. The molecule has 2 aromatic carbocycles. The van der Waals surface area contributed by atoms with Crippen molar-refractivity contribution in [3.63, 3.8) is 0 Å². The third kappa shape index (κ3) is 3.84. The molecule has 21 heavy (non-hydrogen) atoms. The van der Waals surface area contributed by atoms with Gasteiger partial charge in [0.1, 0.15) is 12.4 Å². The molecule has 0 atom stereocenters. The predicted molar refractivity (Wildman–Crippen MR) is 74.5 cm³/mol. The van der Waals surface area contributed by atoms with Gasteiger partial charge in [-0.15, -0.1) is 0 Å². The van der Waals surface area contributed by atoms with Crippen molar-refractivity contribution in [2.24, 2.45) is 5.16 Å². The molecule has 0 heterocycles. The number of hydrogen-bond donors (Lipinski definition) is 0. The van der Waals surface area contributed by atoms with Crippen molar-refractivity contribution in [3.8, 4) is 0 Å². The van der Waals surface area contributed by atoms with Gasteiger partial charge in [0.25, 0.3) is 0 Å². The number of oxime groups is 1. The van der Waals surface area contributed by atoms with Crippen molar-refractivity contribution in [2.75, 3.05) is 0 Å². The number of nitrogens with zero attached hydrogens (tertiary/aromatic N) is 1. The second kappa shape index (κ2) is 6.43. The fourth-order valence-electron chi connectivity index (χ4n) is 1.70. The monoisotopic (exact) mass is 293 g/mol. The molecule has 0 bridgehead atoms. The lowest BCUT2D eigenvalue weighted by Gasteiger charge is -2.04. The highest BCUT2D eigenvalue weighted by Gasteiger charge is 2.04. The maximum Gasteiger partial charge on any atom is 0.159 e. The quantitative estimate of drug-likeness (QED) is 0.606. The molecule has 0 unspecified atom stereocenters. The zero-order chi connectivity index (χ0) is 15.4. The van der Waals surface area contributed by atoms with Crippen molar-refractivity contribution in [1.82, 2.24) is 0 Å². The first kappa shape index (κ1) is 15.1. The molecule has 110 valence electrons. The number of halogens is 3. The minimum absolute atomic E-state index is 0.00286. The Morgan fingerprint density at radius 3 is 2.43 bits per heavy atom. The van der Waals surface area contributed by atoms with Crippen LogP contribution in [-0.4, -0.2) is 5.71 Å². The largest absolute Gasteiger partial charge is 0.391 e. The van der Waals surface area contributed by atoms with Crippen LogP contribution in [0.4, 0.5) is 13.2 Å². The van der Waals surface area contributed by atoms with Crippen LogP contribution in [0.25, 0.3) is 0 Å². The average molecular weight is 293 g/mol. The molecule has 2 aromatic rings. The van der Waals surface area contributed by atoms with Crippen LogP contribution in [-0.2, 0) is 11.4 Å². The zero-order valence-electron chi connectivity index (χ0n) is 11.7. The molecule has 2 nitrogen and oxygen atoms in total. The molecule has 0 fully saturated rings. The molecule has 0 spiro atoms. The van der Waals surface area contributed by atoms with E-state index in [1.807, 2.05) is 0 Å². The standard InChI is InChI=1S/C16H14F3NO/c1-10-3-5-13(8-15(10)18)11(2)20-21-9-12-4-6-14(17)16(19)7-12/h3-8H,9H2,1-2H3/b20-11+. The molecule has 0 aliphatic heterocycles. The lowest BCUT2D eigenvalue weighted by Crippen LogP contribution is -1.99. The van der Waals surface area contributed by atoms with E-state index in [1.165, 1.54) is 12.1 Å². The molecule has 0 N–H and O–H groups in total. The first-order valence-corrected chi connectivity index (χ1v) is 6.34. The Labute approximate surface area is 120 Å². The number of aryl methyl sites for hydroxylation is 1. The summed E-state index contributed by atoms with van der Waals surface area (Å²) in [6.07, 6.45) is 0. The van der Waals surface area contributed by atoms with Crippen molar-refractivity contribution in [2.45, 2.75) is 20.5 Å². The van der Waals surface area contributed by atoms with Crippen LogP contribution in [0.3, 0.4) is 0 Å². The van der Waals surface area contributed by atoms with Crippen LogP contribution >= 0.6 is 0 Å². The van der Waals surface area contributed by atoms with Gasteiger partial charge in [-0.25, -0.2) is 13.2 Å². The molecule has 0 saturated carbocycles. The molecule has 0 amide bonds. The van der Waals surface area contributed by atoms with Crippen molar-refractivity contribution < 1.29 is 18.0 Å². The van der Waals surface area contributed by atoms with Crippen LogP contribution in [0.2, 0.25) is 0 Å². The van der Waals surface area contributed by atoms with Gasteiger partial charge in [-0.3, -0.25) is 0 Å². The van der Waals surface area contributed by atoms with Gasteiger partial charge in [-0.05, 0) is 43.2 Å². The molecule has 0 aliphatic rings. The Morgan fingerprint density at radius 1 is 1.00 bits per heavy atom.